The fraction of sp³-hybridized carbons (Fsp3) is 0.464. The Kier molecular flexibility index (Phi) is 6.26. The fourth-order valence-electron chi connectivity index (χ4n) is 5.94. The Hall–Kier alpha value is -3.35. The van der Waals surface area contributed by atoms with Gasteiger partial charge >= 0.3 is 5.97 Å². The predicted molar refractivity (Wildman–Crippen MR) is 137 cm³/mol. The highest BCUT2D eigenvalue weighted by Crippen LogP contribution is 2.41. The first-order valence-corrected chi connectivity index (χ1v) is 12.7. The zero-order valence-corrected chi connectivity index (χ0v) is 20.7. The number of aliphatic carboxylic acids is 1. The van der Waals surface area contributed by atoms with E-state index < -0.39 is 12.0 Å². The first kappa shape index (κ1) is 23.4. The van der Waals surface area contributed by atoms with Gasteiger partial charge in [0, 0.05) is 37.3 Å². The molecule has 35 heavy (non-hydrogen) atoms. The van der Waals surface area contributed by atoms with Crippen molar-refractivity contribution in [1.29, 1.82) is 0 Å². The van der Waals surface area contributed by atoms with Crippen molar-refractivity contribution in [3.05, 3.63) is 59.4 Å². The first-order valence-electron chi connectivity index (χ1n) is 12.7. The summed E-state index contributed by atoms with van der Waals surface area (Å²) in [5.41, 5.74) is 5.41. The van der Waals surface area contributed by atoms with Crippen LogP contribution in [0.15, 0.2) is 42.5 Å². The molecule has 7 heteroatoms. The van der Waals surface area contributed by atoms with Gasteiger partial charge in [-0.05, 0) is 56.7 Å². The quantitative estimate of drug-likeness (QED) is 0.552. The lowest BCUT2D eigenvalue weighted by Gasteiger charge is -2.34. The Balaban J connectivity index is 1.73. The summed E-state index contributed by atoms with van der Waals surface area (Å²) in [6.07, 6.45) is 5.05. The van der Waals surface area contributed by atoms with Crippen molar-refractivity contribution < 1.29 is 14.7 Å². The summed E-state index contributed by atoms with van der Waals surface area (Å²) < 4.78 is 2.25. The minimum atomic E-state index is -0.727. The molecule has 4 unspecified atom stereocenters. The summed E-state index contributed by atoms with van der Waals surface area (Å²) in [4.78, 5) is 31.8. The highest BCUT2D eigenvalue weighted by molar-refractivity contribution is 5.87. The maximum absolute atomic E-state index is 12.3. The number of aromatic nitrogens is 2. The maximum Gasteiger partial charge on any atom is 0.306 e. The zero-order chi connectivity index (χ0) is 24.7. The smallest absolute Gasteiger partial charge is 0.306 e. The maximum atomic E-state index is 12.3. The topological polar surface area (TPSA) is 87.5 Å². The molecule has 184 valence electrons. The molecule has 0 saturated heterocycles. The van der Waals surface area contributed by atoms with E-state index in [0.29, 0.717) is 18.9 Å². The Morgan fingerprint density at radius 2 is 1.89 bits per heavy atom. The van der Waals surface area contributed by atoms with Gasteiger partial charge in [0.05, 0.1) is 17.0 Å². The summed E-state index contributed by atoms with van der Waals surface area (Å²) in [5.74, 6) is -0.429. The van der Waals surface area contributed by atoms with Crippen LogP contribution in [0, 0.1) is 5.92 Å². The largest absolute Gasteiger partial charge is 0.481 e. The van der Waals surface area contributed by atoms with Gasteiger partial charge in [-0.1, -0.05) is 36.8 Å². The summed E-state index contributed by atoms with van der Waals surface area (Å²) in [6, 6.07) is 14.3. The van der Waals surface area contributed by atoms with Gasteiger partial charge in [-0.3, -0.25) is 9.59 Å². The number of aryl methyl sites for hydroxylation is 1. The normalized spacial score (nSPS) is 23.1. The molecule has 1 aromatic heterocycles. The molecule has 2 aliphatic rings. The van der Waals surface area contributed by atoms with E-state index in [0.717, 1.165) is 48.1 Å². The molecule has 0 spiro atoms. The summed E-state index contributed by atoms with van der Waals surface area (Å²) in [6.45, 7) is 3.77. The molecule has 1 aliphatic carbocycles. The van der Waals surface area contributed by atoms with Crippen LogP contribution in [0.5, 0.6) is 0 Å². The number of carboxylic acids is 1. The van der Waals surface area contributed by atoms with Gasteiger partial charge < -0.3 is 19.9 Å². The second-order valence-electron chi connectivity index (χ2n) is 10.2. The number of rotatable bonds is 5. The van der Waals surface area contributed by atoms with Crippen molar-refractivity contribution in [2.45, 2.75) is 70.5 Å². The van der Waals surface area contributed by atoms with Gasteiger partial charge in [-0.15, -0.1) is 0 Å². The minimum Gasteiger partial charge on any atom is -0.481 e. The van der Waals surface area contributed by atoms with Crippen LogP contribution in [0.3, 0.4) is 0 Å². The fourth-order valence-corrected chi connectivity index (χ4v) is 5.94. The second kappa shape index (κ2) is 9.36. The number of fused-ring (bicyclic) bond motifs is 3. The number of amides is 1. The highest BCUT2D eigenvalue weighted by atomic mass is 16.4. The molecular weight excluding hydrogens is 440 g/mol. The number of nitrogens with one attached hydrogen (secondary N) is 1. The lowest BCUT2D eigenvalue weighted by atomic mass is 9.85. The number of benzene rings is 2. The van der Waals surface area contributed by atoms with E-state index in [1.54, 1.807) is 0 Å². The van der Waals surface area contributed by atoms with Crippen molar-refractivity contribution >= 4 is 28.6 Å². The average Bonchev–Trinajstić information content (AvgIpc) is 3.25. The van der Waals surface area contributed by atoms with Crippen LogP contribution >= 0.6 is 0 Å². The lowest BCUT2D eigenvalue weighted by Crippen LogP contribution is -2.33. The van der Waals surface area contributed by atoms with Crippen LogP contribution in [0.2, 0.25) is 0 Å². The molecule has 2 N–H and O–H groups in total. The molecule has 0 radical (unpaired) electrons. The number of imidazole rings is 1. The zero-order valence-electron chi connectivity index (χ0n) is 20.7. The number of hydrogen-bond acceptors (Lipinski definition) is 4. The van der Waals surface area contributed by atoms with Crippen LogP contribution in [0.25, 0.3) is 11.0 Å². The van der Waals surface area contributed by atoms with E-state index in [-0.39, 0.29) is 17.9 Å². The third kappa shape index (κ3) is 4.28. The van der Waals surface area contributed by atoms with E-state index in [9.17, 15) is 14.7 Å². The van der Waals surface area contributed by atoms with Crippen molar-refractivity contribution in [2.24, 2.45) is 5.92 Å². The second-order valence-corrected chi connectivity index (χ2v) is 10.2. The van der Waals surface area contributed by atoms with E-state index in [1.165, 1.54) is 18.2 Å². The summed E-state index contributed by atoms with van der Waals surface area (Å²) in [5, 5.41) is 12.9. The predicted octanol–water partition coefficient (Wildman–Crippen LogP) is 4.85. The average molecular weight is 475 g/mol. The van der Waals surface area contributed by atoms with Gasteiger partial charge in [0.15, 0.2) is 0 Å². The van der Waals surface area contributed by atoms with Gasteiger partial charge in [-0.2, -0.15) is 0 Å². The molecule has 7 nitrogen and oxygen atoms in total. The monoisotopic (exact) mass is 474 g/mol. The van der Waals surface area contributed by atoms with E-state index in [2.05, 4.69) is 40.9 Å². The van der Waals surface area contributed by atoms with Crippen molar-refractivity contribution in [3.8, 4) is 0 Å². The summed E-state index contributed by atoms with van der Waals surface area (Å²) >= 11 is 0. The molecule has 1 aliphatic heterocycles. The molecule has 4 atom stereocenters. The Morgan fingerprint density at radius 1 is 1.11 bits per heavy atom. The molecule has 2 heterocycles. The van der Waals surface area contributed by atoms with Crippen LogP contribution in [-0.4, -0.2) is 39.6 Å². The van der Waals surface area contributed by atoms with Crippen molar-refractivity contribution in [3.63, 3.8) is 0 Å². The Morgan fingerprint density at radius 3 is 2.60 bits per heavy atom. The van der Waals surface area contributed by atoms with Gasteiger partial charge in [0.25, 0.3) is 0 Å². The molecule has 1 fully saturated rings. The van der Waals surface area contributed by atoms with Crippen LogP contribution in [0.4, 0.5) is 5.69 Å². The third-order valence-electron chi connectivity index (χ3n) is 7.92. The number of anilines is 1. The number of carbonyl (C=O) groups is 2. The van der Waals surface area contributed by atoms with E-state index >= 15 is 0 Å². The number of nitrogens with zero attached hydrogens (tertiary/aromatic N) is 3. The SMILES string of the molecule is CC(=O)NC(c1ccccc1)c1nc2c3c(ccc2n1C1CCCC(C(=O)O)C1)N(C)C(C)CC3. The Labute approximate surface area is 206 Å². The molecular formula is C28H34N4O3. The number of carbonyl (C=O) groups excluding carboxylic acids is 1. The van der Waals surface area contributed by atoms with Gasteiger partial charge in [0.1, 0.15) is 11.9 Å². The molecule has 0 bridgehead atoms. The van der Waals surface area contributed by atoms with E-state index in [4.69, 9.17) is 4.98 Å². The van der Waals surface area contributed by atoms with Crippen LogP contribution in [-0.2, 0) is 16.0 Å². The number of carboxylic acid groups (broad SMARTS) is 1. The van der Waals surface area contributed by atoms with Gasteiger partial charge in [-0.25, -0.2) is 4.98 Å². The lowest BCUT2D eigenvalue weighted by molar-refractivity contribution is -0.143. The highest BCUT2D eigenvalue weighted by Gasteiger charge is 2.34. The first-order chi connectivity index (χ1) is 16.8. The van der Waals surface area contributed by atoms with Crippen LogP contribution in [0.1, 0.15) is 75.0 Å². The van der Waals surface area contributed by atoms with E-state index in [1.807, 2.05) is 30.3 Å². The van der Waals surface area contributed by atoms with Crippen molar-refractivity contribution in [2.75, 3.05) is 11.9 Å². The standard InChI is InChI=1S/C28H34N4O3/c1-17-12-13-22-23(31(17)3)14-15-24-26(22)30-27(25(29-18(2)33)19-8-5-4-6-9-19)32(24)21-11-7-10-20(16-21)28(34)35/h4-6,8-9,14-15,17,20-21,25H,7,10-13,16H2,1-3H3,(H,29,33)(H,34,35). The third-order valence-corrected chi connectivity index (χ3v) is 7.92. The minimum absolute atomic E-state index is 0.0168. The molecule has 5 rings (SSSR count). The molecule has 2 aromatic carbocycles. The molecule has 3 aromatic rings. The Bertz CT molecular complexity index is 1250. The molecule has 1 amide bonds. The van der Waals surface area contributed by atoms with Crippen molar-refractivity contribution in [1.82, 2.24) is 14.9 Å². The summed E-state index contributed by atoms with van der Waals surface area (Å²) in [7, 11) is 2.13. The number of hydrogen-bond donors (Lipinski definition) is 2. The van der Waals surface area contributed by atoms with Gasteiger partial charge in [0.2, 0.25) is 5.91 Å². The van der Waals surface area contributed by atoms with Crippen LogP contribution < -0.4 is 10.2 Å². The molecule has 1 saturated carbocycles.